The van der Waals surface area contributed by atoms with E-state index in [0.29, 0.717) is 70.6 Å². The number of benzene rings is 1. The summed E-state index contributed by atoms with van der Waals surface area (Å²) in [6.45, 7) is 5.16. The summed E-state index contributed by atoms with van der Waals surface area (Å²) in [4.78, 5) is 122. The number of carboxylic acid groups (broad SMARTS) is 1. The second-order valence-corrected chi connectivity index (χ2v) is 18.1. The minimum absolute atomic E-state index is 0.00517. The van der Waals surface area contributed by atoms with Crippen molar-refractivity contribution >= 4 is 53.1 Å². The molecule has 8 atom stereocenters. The quantitative estimate of drug-likeness (QED) is 0.0664. The van der Waals surface area contributed by atoms with Gasteiger partial charge in [-0.1, -0.05) is 115 Å². The molecule has 3 fully saturated rings. The van der Waals surface area contributed by atoms with Crippen LogP contribution in [0.4, 0.5) is 0 Å². The van der Waals surface area contributed by atoms with E-state index in [4.69, 9.17) is 10.5 Å². The Morgan fingerprint density at radius 3 is 1.98 bits per heavy atom. The maximum atomic E-state index is 14.9. The molecule has 1 aromatic rings. The molecular weight excluding hydrogens is 851 g/mol. The maximum absolute atomic E-state index is 14.9. The fraction of sp³-hybridized carbons (Fsp3) is 0.688. The second kappa shape index (κ2) is 27.3. The third-order valence-electron chi connectivity index (χ3n) is 13.1. The Kier molecular flexibility index (Phi) is 22.0. The van der Waals surface area contributed by atoms with Crippen LogP contribution in [-0.2, 0) is 54.5 Å². The Labute approximate surface area is 388 Å². The normalized spacial score (nSPS) is 21.6. The molecule has 1 saturated heterocycles. The first kappa shape index (κ1) is 53.2. The average Bonchev–Trinajstić information content (AvgIpc) is 3.76. The molecule has 18 heteroatoms. The SMILES string of the molecule is CCCCC(NC(=O)C(CCCC)NC(=O)CNC(=O)C(=O)C(CCC)NC(=O)[C@@H]1C[C@@H](OCc2ccccc2)CN1C(=O)C(NC(=O)C1CCCCC1C(=O)O)C1CCCCC1)C(N)=O. The summed E-state index contributed by atoms with van der Waals surface area (Å²) >= 11 is 0. The molecule has 2 saturated carbocycles. The molecule has 4 rings (SSSR count). The molecule has 18 nitrogen and oxygen atoms in total. The Morgan fingerprint density at radius 2 is 1.36 bits per heavy atom. The van der Waals surface area contributed by atoms with Gasteiger partial charge in [-0.3, -0.25) is 43.2 Å². The predicted octanol–water partition coefficient (Wildman–Crippen LogP) is 2.93. The lowest BCUT2D eigenvalue weighted by atomic mass is 9.78. The number of hydrogen-bond acceptors (Lipinski definition) is 10. The highest BCUT2D eigenvalue weighted by atomic mass is 16.5. The number of carbonyl (C=O) groups is 9. The highest BCUT2D eigenvalue weighted by Gasteiger charge is 2.46. The van der Waals surface area contributed by atoms with E-state index >= 15 is 0 Å². The van der Waals surface area contributed by atoms with Gasteiger partial charge in [0.25, 0.3) is 5.91 Å². The number of Topliss-reactive ketones (excluding diaryl/α,β-unsaturated/α-hetero) is 1. The van der Waals surface area contributed by atoms with Gasteiger partial charge >= 0.3 is 5.97 Å². The maximum Gasteiger partial charge on any atom is 0.307 e. The zero-order chi connectivity index (χ0) is 48.2. The van der Waals surface area contributed by atoms with Crippen LogP contribution < -0.4 is 32.3 Å². The summed E-state index contributed by atoms with van der Waals surface area (Å²) in [5.74, 6) is -8.85. The van der Waals surface area contributed by atoms with E-state index in [-0.39, 0.29) is 38.3 Å². The van der Waals surface area contributed by atoms with E-state index < -0.39 is 108 Å². The topological polar surface area (TPSA) is 272 Å². The Morgan fingerprint density at radius 1 is 0.727 bits per heavy atom. The molecule has 2 aliphatic carbocycles. The van der Waals surface area contributed by atoms with E-state index in [0.717, 1.165) is 31.2 Å². The molecule has 0 spiro atoms. The number of nitrogens with one attached hydrogen (secondary N) is 5. The monoisotopic (exact) mass is 924 g/mol. The first-order valence-electron chi connectivity index (χ1n) is 24.2. The average molecular weight is 924 g/mol. The molecular formula is C48H73N7O11. The van der Waals surface area contributed by atoms with E-state index in [9.17, 15) is 48.3 Å². The van der Waals surface area contributed by atoms with Gasteiger partial charge in [0.2, 0.25) is 41.2 Å². The number of unbranched alkanes of at least 4 members (excludes halogenated alkanes) is 2. The third-order valence-corrected chi connectivity index (χ3v) is 13.1. The number of carboxylic acids is 1. The molecule has 0 bridgehead atoms. The van der Waals surface area contributed by atoms with Crippen molar-refractivity contribution in [1.82, 2.24) is 31.5 Å². The van der Waals surface area contributed by atoms with E-state index in [2.05, 4.69) is 26.6 Å². The predicted molar refractivity (Wildman–Crippen MR) is 244 cm³/mol. The summed E-state index contributed by atoms with van der Waals surface area (Å²) in [5, 5.41) is 23.1. The van der Waals surface area contributed by atoms with E-state index in [1.165, 1.54) is 4.90 Å². The Hall–Kier alpha value is -5.39. The highest BCUT2D eigenvalue weighted by Crippen LogP contribution is 2.33. The van der Waals surface area contributed by atoms with Gasteiger partial charge in [0, 0.05) is 13.0 Å². The number of amides is 7. The van der Waals surface area contributed by atoms with E-state index in [1.54, 1.807) is 6.92 Å². The summed E-state index contributed by atoms with van der Waals surface area (Å²) in [7, 11) is 0. The fourth-order valence-corrected chi connectivity index (χ4v) is 9.35. The van der Waals surface area contributed by atoms with Gasteiger partial charge in [-0.2, -0.15) is 0 Å². The number of nitrogens with zero attached hydrogens (tertiary/aromatic N) is 1. The Bertz CT molecular complexity index is 1820. The number of rotatable bonds is 26. The molecule has 1 aliphatic heterocycles. The summed E-state index contributed by atoms with van der Waals surface area (Å²) in [6, 6.07) is 3.95. The van der Waals surface area contributed by atoms with Crippen molar-refractivity contribution in [2.24, 2.45) is 23.5 Å². The van der Waals surface area contributed by atoms with Crippen molar-refractivity contribution in [2.45, 2.75) is 179 Å². The fourth-order valence-electron chi connectivity index (χ4n) is 9.35. The standard InChI is InChI=1S/C48H73N7O11/c1-4-7-24-36(42(49)58)53-44(60)37(25-8-5-2)51-39(56)27-50-46(62)41(57)35(17-6-3)52-45(61)38-26-32(66-29-30-18-11-9-12-19-30)28-55(38)47(63)40(31-20-13-10-14-21-31)54-43(59)33-22-15-16-23-34(33)48(64)65/h9,11-12,18-19,31-38,40H,4-8,10,13-17,20-29H2,1-3H3,(H2,49,58)(H,50,62)(H,51,56)(H,52,61)(H,53,60)(H,54,59)(H,64,65)/t32-,33?,34?,35?,36?,37?,38+,40?/m1/s1. The van der Waals surface area contributed by atoms with Crippen molar-refractivity contribution in [1.29, 1.82) is 0 Å². The lowest BCUT2D eigenvalue weighted by Crippen LogP contribution is -2.59. The molecule has 0 radical (unpaired) electrons. The molecule has 0 aromatic heterocycles. The van der Waals surface area contributed by atoms with Gasteiger partial charge in [-0.15, -0.1) is 0 Å². The molecule has 3 aliphatic rings. The first-order valence-corrected chi connectivity index (χ1v) is 24.2. The lowest BCUT2D eigenvalue weighted by molar-refractivity contribution is -0.150. The number of ketones is 1. The van der Waals surface area contributed by atoms with Gasteiger partial charge in [0.15, 0.2) is 0 Å². The van der Waals surface area contributed by atoms with Crippen molar-refractivity contribution in [2.75, 3.05) is 13.1 Å². The van der Waals surface area contributed by atoms with Gasteiger partial charge in [-0.25, -0.2) is 0 Å². The molecule has 1 heterocycles. The number of hydrogen-bond donors (Lipinski definition) is 7. The second-order valence-electron chi connectivity index (χ2n) is 18.1. The molecule has 366 valence electrons. The number of carbonyl (C=O) groups excluding carboxylic acids is 8. The zero-order valence-corrected chi connectivity index (χ0v) is 39.0. The highest BCUT2D eigenvalue weighted by molar-refractivity contribution is 6.38. The van der Waals surface area contributed by atoms with Crippen LogP contribution in [-0.4, -0.2) is 113 Å². The van der Waals surface area contributed by atoms with Crippen molar-refractivity contribution in [3.8, 4) is 0 Å². The molecule has 7 amide bonds. The zero-order valence-electron chi connectivity index (χ0n) is 39.0. The van der Waals surface area contributed by atoms with Gasteiger partial charge < -0.3 is 47.1 Å². The summed E-state index contributed by atoms with van der Waals surface area (Å²) in [6.07, 6.45) is 9.32. The first-order chi connectivity index (χ1) is 31.7. The van der Waals surface area contributed by atoms with Crippen LogP contribution in [0, 0.1) is 17.8 Å². The Balaban J connectivity index is 1.49. The molecule has 8 N–H and O–H groups in total. The minimum atomic E-state index is -1.32. The van der Waals surface area contributed by atoms with Crippen molar-refractivity contribution < 1.29 is 53.0 Å². The number of ether oxygens (including phenoxy) is 1. The van der Waals surface area contributed by atoms with Crippen LogP contribution >= 0.6 is 0 Å². The smallest absolute Gasteiger partial charge is 0.307 e. The van der Waals surface area contributed by atoms with Crippen LogP contribution in [0.5, 0.6) is 0 Å². The molecule has 66 heavy (non-hydrogen) atoms. The van der Waals surface area contributed by atoms with Crippen LogP contribution in [0.15, 0.2) is 30.3 Å². The van der Waals surface area contributed by atoms with Crippen LogP contribution in [0.3, 0.4) is 0 Å². The summed E-state index contributed by atoms with van der Waals surface area (Å²) < 4.78 is 6.25. The number of nitrogens with two attached hydrogens (primary N) is 1. The lowest BCUT2D eigenvalue weighted by Gasteiger charge is -2.36. The van der Waals surface area contributed by atoms with Crippen molar-refractivity contribution in [3.05, 3.63) is 35.9 Å². The van der Waals surface area contributed by atoms with Crippen molar-refractivity contribution in [3.63, 3.8) is 0 Å². The van der Waals surface area contributed by atoms with Gasteiger partial charge in [-0.05, 0) is 56.4 Å². The summed E-state index contributed by atoms with van der Waals surface area (Å²) in [5.41, 5.74) is 6.38. The molecule has 1 aromatic carbocycles. The van der Waals surface area contributed by atoms with Crippen LogP contribution in [0.2, 0.25) is 0 Å². The van der Waals surface area contributed by atoms with E-state index in [1.807, 2.05) is 44.2 Å². The van der Waals surface area contributed by atoms with Crippen LogP contribution in [0.1, 0.15) is 142 Å². The third kappa shape index (κ3) is 15.9. The van der Waals surface area contributed by atoms with Crippen LogP contribution in [0.25, 0.3) is 0 Å². The largest absolute Gasteiger partial charge is 0.481 e. The minimum Gasteiger partial charge on any atom is -0.481 e. The van der Waals surface area contributed by atoms with Gasteiger partial charge in [0.05, 0.1) is 37.1 Å². The van der Waals surface area contributed by atoms with Gasteiger partial charge in [0.1, 0.15) is 24.2 Å². The number of likely N-dealkylation sites (tertiary alicyclic amines) is 1. The number of aliphatic carboxylic acids is 1. The number of primary amides is 1. The molecule has 6 unspecified atom stereocenters.